The molecule has 61 heavy (non-hydrogen) atoms. The van der Waals surface area contributed by atoms with Crippen molar-refractivity contribution in [2.24, 2.45) is 0 Å². The van der Waals surface area contributed by atoms with Crippen molar-refractivity contribution < 1.29 is 50.0 Å². The predicted molar refractivity (Wildman–Crippen MR) is 247 cm³/mol. The van der Waals surface area contributed by atoms with Gasteiger partial charge >= 0.3 is 0 Å². The fraction of sp³-hybridized carbons (Fsp3) is 0.940. The molecule has 0 aliphatic carbocycles. The molecular formula is C50H97NO10. The number of hydrogen-bond acceptors (Lipinski definition) is 10. The molecule has 1 fully saturated rings. The third-order valence-electron chi connectivity index (χ3n) is 12.6. The van der Waals surface area contributed by atoms with Crippen LogP contribution in [0, 0.1) is 0 Å². The van der Waals surface area contributed by atoms with Gasteiger partial charge in [-0.1, -0.05) is 206 Å². The number of amides is 1. The molecule has 9 unspecified atom stereocenters. The van der Waals surface area contributed by atoms with E-state index in [-0.39, 0.29) is 12.8 Å². The van der Waals surface area contributed by atoms with Crippen LogP contribution in [0.1, 0.15) is 232 Å². The summed E-state index contributed by atoms with van der Waals surface area (Å²) in [4.78, 5) is 13.1. The molecule has 0 spiro atoms. The SMILES string of the molecule is CCCCCCCCCC/C=C/CCCC(O)C(O)C(COC1OC(CO)C(O)C(O)C1O)NC(=O)C(O)CCCCCCCCCCCCCCCCCCCCCCC. The molecule has 9 atom stereocenters. The van der Waals surface area contributed by atoms with Crippen molar-refractivity contribution in [1.29, 1.82) is 0 Å². The third kappa shape index (κ3) is 29.8. The lowest BCUT2D eigenvalue weighted by Gasteiger charge is -2.40. The molecule has 11 heteroatoms. The normalized spacial score (nSPS) is 21.5. The second kappa shape index (κ2) is 40.4. The Labute approximate surface area is 372 Å². The number of unbranched alkanes of at least 4 members (excludes halogenated alkanes) is 29. The number of hydrogen-bond donors (Lipinski definition) is 8. The molecule has 1 saturated heterocycles. The van der Waals surface area contributed by atoms with Gasteiger partial charge in [-0.3, -0.25) is 4.79 Å². The van der Waals surface area contributed by atoms with Gasteiger partial charge in [-0.2, -0.15) is 0 Å². The molecule has 362 valence electrons. The van der Waals surface area contributed by atoms with Crippen molar-refractivity contribution >= 4 is 5.91 Å². The van der Waals surface area contributed by atoms with E-state index in [9.17, 15) is 40.5 Å². The molecule has 0 aromatic heterocycles. The molecule has 0 aromatic carbocycles. The van der Waals surface area contributed by atoms with E-state index in [0.717, 1.165) is 38.5 Å². The highest BCUT2D eigenvalue weighted by Gasteiger charge is 2.44. The Morgan fingerprint density at radius 2 is 0.967 bits per heavy atom. The monoisotopic (exact) mass is 872 g/mol. The second-order valence-electron chi connectivity index (χ2n) is 18.2. The van der Waals surface area contributed by atoms with Crippen LogP contribution < -0.4 is 5.32 Å². The average Bonchev–Trinajstić information content (AvgIpc) is 3.26. The van der Waals surface area contributed by atoms with Crippen molar-refractivity contribution in [3.63, 3.8) is 0 Å². The van der Waals surface area contributed by atoms with E-state index in [1.807, 2.05) is 0 Å². The van der Waals surface area contributed by atoms with E-state index in [1.54, 1.807) is 0 Å². The van der Waals surface area contributed by atoms with Gasteiger partial charge in [0.05, 0.1) is 25.4 Å². The maximum atomic E-state index is 13.1. The van der Waals surface area contributed by atoms with Gasteiger partial charge in [0.25, 0.3) is 0 Å². The van der Waals surface area contributed by atoms with Gasteiger partial charge in [-0.25, -0.2) is 0 Å². The molecule has 11 nitrogen and oxygen atoms in total. The zero-order valence-corrected chi connectivity index (χ0v) is 39.2. The van der Waals surface area contributed by atoms with E-state index in [4.69, 9.17) is 9.47 Å². The average molecular weight is 872 g/mol. The zero-order valence-electron chi connectivity index (χ0n) is 39.2. The fourth-order valence-corrected chi connectivity index (χ4v) is 8.32. The molecule has 1 rings (SSSR count). The standard InChI is InChI=1S/C50H97NO10/c1-3-5-7-9-11-13-15-17-18-19-20-21-22-23-24-26-28-30-32-34-36-38-43(54)49(59)51-41(40-60-50-48(58)47(57)46(56)44(39-52)61-50)45(55)42(53)37-35-33-31-29-27-25-16-14-12-10-8-6-4-2/h29,31,41-48,50,52-58H,3-28,30,32-40H2,1-2H3,(H,51,59)/b31-29+. The molecule has 1 heterocycles. The Bertz CT molecular complexity index is 1000. The number of rotatable bonds is 43. The number of ether oxygens (including phenoxy) is 2. The maximum Gasteiger partial charge on any atom is 0.249 e. The van der Waals surface area contributed by atoms with Crippen LogP contribution >= 0.6 is 0 Å². The molecule has 1 amide bonds. The Morgan fingerprint density at radius 3 is 1.41 bits per heavy atom. The fourth-order valence-electron chi connectivity index (χ4n) is 8.32. The van der Waals surface area contributed by atoms with E-state index < -0.39 is 74.2 Å². The summed E-state index contributed by atoms with van der Waals surface area (Å²) in [6.07, 6.45) is 32.7. The maximum absolute atomic E-state index is 13.1. The molecule has 0 saturated carbocycles. The largest absolute Gasteiger partial charge is 0.394 e. The first-order valence-corrected chi connectivity index (χ1v) is 25.6. The lowest BCUT2D eigenvalue weighted by Crippen LogP contribution is -2.60. The molecule has 1 aliphatic heterocycles. The van der Waals surface area contributed by atoms with Gasteiger partial charge in [-0.15, -0.1) is 0 Å². The van der Waals surface area contributed by atoms with Crippen LogP contribution in [0.15, 0.2) is 12.2 Å². The Balaban J connectivity index is 2.37. The van der Waals surface area contributed by atoms with Crippen LogP contribution in [0.4, 0.5) is 0 Å². The third-order valence-corrected chi connectivity index (χ3v) is 12.6. The molecular weight excluding hydrogens is 775 g/mol. The van der Waals surface area contributed by atoms with Crippen molar-refractivity contribution in [1.82, 2.24) is 5.32 Å². The van der Waals surface area contributed by atoms with Gasteiger partial charge in [0.2, 0.25) is 5.91 Å². The first-order chi connectivity index (χ1) is 29.7. The second-order valence-corrected chi connectivity index (χ2v) is 18.2. The van der Waals surface area contributed by atoms with Gasteiger partial charge in [-0.05, 0) is 38.5 Å². The molecule has 1 aliphatic rings. The van der Waals surface area contributed by atoms with E-state index in [1.165, 1.54) is 154 Å². The minimum Gasteiger partial charge on any atom is -0.394 e. The summed E-state index contributed by atoms with van der Waals surface area (Å²) in [5.74, 6) is -0.703. The summed E-state index contributed by atoms with van der Waals surface area (Å²) < 4.78 is 11.1. The van der Waals surface area contributed by atoms with Crippen LogP contribution in [0.2, 0.25) is 0 Å². The number of carbonyl (C=O) groups is 1. The van der Waals surface area contributed by atoms with E-state index in [2.05, 4.69) is 31.3 Å². The highest BCUT2D eigenvalue weighted by atomic mass is 16.7. The Kier molecular flexibility index (Phi) is 38.3. The van der Waals surface area contributed by atoms with Crippen LogP contribution in [-0.4, -0.2) is 110 Å². The summed E-state index contributed by atoms with van der Waals surface area (Å²) in [5.41, 5.74) is 0. The highest BCUT2D eigenvalue weighted by Crippen LogP contribution is 2.23. The lowest BCUT2D eigenvalue weighted by atomic mass is 9.98. The van der Waals surface area contributed by atoms with Crippen molar-refractivity contribution in [3.05, 3.63) is 12.2 Å². The molecule has 0 bridgehead atoms. The van der Waals surface area contributed by atoms with Gasteiger partial charge in [0, 0.05) is 0 Å². The van der Waals surface area contributed by atoms with Crippen LogP contribution in [0.5, 0.6) is 0 Å². The summed E-state index contributed by atoms with van der Waals surface area (Å²) in [6, 6.07) is -1.18. The predicted octanol–water partition coefficient (Wildman–Crippen LogP) is 9.23. The highest BCUT2D eigenvalue weighted by molar-refractivity contribution is 5.80. The first-order valence-electron chi connectivity index (χ1n) is 25.6. The Hall–Kier alpha value is -1.15. The quantitative estimate of drug-likeness (QED) is 0.0217. The van der Waals surface area contributed by atoms with Crippen LogP contribution in [-0.2, 0) is 14.3 Å². The molecule has 8 N–H and O–H groups in total. The summed E-state index contributed by atoms with van der Waals surface area (Å²) >= 11 is 0. The van der Waals surface area contributed by atoms with Gasteiger partial charge in [0.15, 0.2) is 6.29 Å². The van der Waals surface area contributed by atoms with Crippen LogP contribution in [0.25, 0.3) is 0 Å². The number of allylic oxidation sites excluding steroid dienone is 2. The summed E-state index contributed by atoms with van der Waals surface area (Å²) in [6.45, 7) is 3.44. The van der Waals surface area contributed by atoms with E-state index in [0.29, 0.717) is 12.8 Å². The van der Waals surface area contributed by atoms with Crippen molar-refractivity contribution in [2.75, 3.05) is 13.2 Å². The van der Waals surface area contributed by atoms with E-state index >= 15 is 0 Å². The topological polar surface area (TPSA) is 189 Å². The Morgan fingerprint density at radius 1 is 0.557 bits per heavy atom. The minimum atomic E-state index is -1.66. The van der Waals surface area contributed by atoms with Crippen molar-refractivity contribution in [2.45, 2.75) is 287 Å². The summed E-state index contributed by atoms with van der Waals surface area (Å²) in [7, 11) is 0. The van der Waals surface area contributed by atoms with Gasteiger partial charge < -0.3 is 50.5 Å². The smallest absolute Gasteiger partial charge is 0.249 e. The number of carbonyl (C=O) groups excluding carboxylic acids is 1. The minimum absolute atomic E-state index is 0.259. The van der Waals surface area contributed by atoms with Gasteiger partial charge in [0.1, 0.15) is 36.6 Å². The molecule has 0 aromatic rings. The number of nitrogens with one attached hydrogen (secondary N) is 1. The lowest BCUT2D eigenvalue weighted by molar-refractivity contribution is -0.303. The molecule has 0 radical (unpaired) electrons. The number of aliphatic hydroxyl groups is 7. The van der Waals surface area contributed by atoms with Crippen LogP contribution in [0.3, 0.4) is 0 Å². The summed E-state index contributed by atoms with van der Waals surface area (Å²) in [5, 5.41) is 75.7. The zero-order chi connectivity index (χ0) is 44.8. The van der Waals surface area contributed by atoms with Crippen molar-refractivity contribution in [3.8, 4) is 0 Å². The first kappa shape index (κ1) is 57.9. The number of aliphatic hydroxyl groups excluding tert-OH is 7.